The van der Waals surface area contributed by atoms with Gasteiger partial charge in [0.15, 0.2) is 0 Å². The van der Waals surface area contributed by atoms with Crippen LogP contribution < -0.4 is 11.1 Å². The highest BCUT2D eigenvalue weighted by molar-refractivity contribution is 5.86. The summed E-state index contributed by atoms with van der Waals surface area (Å²) in [6, 6.07) is 2.84. The molecule has 1 atom stereocenters. The molecule has 1 amide bonds. The molecule has 5 nitrogen and oxygen atoms in total. The zero-order valence-corrected chi connectivity index (χ0v) is 16.2. The van der Waals surface area contributed by atoms with Gasteiger partial charge in [0.1, 0.15) is 11.6 Å². The van der Waals surface area contributed by atoms with Gasteiger partial charge in [0.05, 0.1) is 12.2 Å². The summed E-state index contributed by atoms with van der Waals surface area (Å²) < 4.78 is 12.8. The van der Waals surface area contributed by atoms with E-state index in [9.17, 15) is 9.18 Å². The summed E-state index contributed by atoms with van der Waals surface area (Å²) in [5, 5.41) is 3.27. The van der Waals surface area contributed by atoms with E-state index >= 15 is 0 Å². The predicted octanol–water partition coefficient (Wildman–Crippen LogP) is 2.87. The van der Waals surface area contributed by atoms with Gasteiger partial charge in [-0.1, -0.05) is 13.8 Å². The fourth-order valence-corrected chi connectivity index (χ4v) is 2.41. The molecule has 0 aliphatic carbocycles. The highest BCUT2D eigenvalue weighted by atomic mass is 35.5. The van der Waals surface area contributed by atoms with E-state index < -0.39 is 6.04 Å². The van der Waals surface area contributed by atoms with Crippen LogP contribution in [0.15, 0.2) is 18.3 Å². The molecule has 0 unspecified atom stereocenters. The Morgan fingerprint density at radius 3 is 2.33 bits per heavy atom. The lowest BCUT2D eigenvalue weighted by Gasteiger charge is -2.34. The largest absolute Gasteiger partial charge is 0.367 e. The normalized spacial score (nSPS) is 15.6. The number of nitrogens with zero attached hydrogens (tertiary/aromatic N) is 2. The van der Waals surface area contributed by atoms with Crippen molar-refractivity contribution in [3.63, 3.8) is 0 Å². The summed E-state index contributed by atoms with van der Waals surface area (Å²) in [6.45, 7) is 5.30. The highest BCUT2D eigenvalue weighted by Crippen LogP contribution is 2.17. The molecule has 3 N–H and O–H groups in total. The zero-order chi connectivity index (χ0) is 15.4. The maximum Gasteiger partial charge on any atom is 0.239 e. The van der Waals surface area contributed by atoms with E-state index in [0.29, 0.717) is 18.9 Å². The third kappa shape index (κ3) is 6.97. The highest BCUT2D eigenvalue weighted by Gasteiger charge is 2.27. The Balaban J connectivity index is 0. The molecule has 0 spiro atoms. The van der Waals surface area contributed by atoms with Crippen LogP contribution in [0.5, 0.6) is 0 Å². The number of amides is 1. The first kappa shape index (κ1) is 25.4. The van der Waals surface area contributed by atoms with E-state index in [-0.39, 0.29) is 60.9 Å². The summed E-state index contributed by atoms with van der Waals surface area (Å²) in [4.78, 5) is 18.0. The Morgan fingerprint density at radius 1 is 1.29 bits per heavy atom. The fourth-order valence-electron chi connectivity index (χ4n) is 2.41. The first-order chi connectivity index (χ1) is 9.97. The van der Waals surface area contributed by atoms with Crippen molar-refractivity contribution in [1.82, 2.24) is 9.88 Å². The van der Waals surface area contributed by atoms with Crippen LogP contribution in [0.4, 0.5) is 10.2 Å². The third-order valence-electron chi connectivity index (χ3n) is 3.89. The Labute approximate surface area is 161 Å². The molecule has 0 saturated carbocycles. The van der Waals surface area contributed by atoms with Gasteiger partial charge in [-0.25, -0.2) is 9.37 Å². The average molecular weight is 404 g/mol. The molecule has 1 fully saturated rings. The number of aromatic nitrogens is 1. The number of likely N-dealkylation sites (tertiary alicyclic amines) is 1. The minimum absolute atomic E-state index is 0. The number of nitrogens with one attached hydrogen (secondary N) is 1. The van der Waals surface area contributed by atoms with Crippen molar-refractivity contribution in [3.8, 4) is 0 Å². The quantitative estimate of drug-likeness (QED) is 0.811. The fraction of sp³-hybridized carbons (Fsp3) is 0.600. The van der Waals surface area contributed by atoms with Crippen molar-refractivity contribution in [3.05, 3.63) is 24.1 Å². The summed E-state index contributed by atoms with van der Waals surface area (Å²) in [6.07, 6.45) is 2.88. The second-order valence-electron chi connectivity index (χ2n) is 5.88. The number of anilines is 1. The van der Waals surface area contributed by atoms with Crippen LogP contribution in [0.3, 0.4) is 0 Å². The van der Waals surface area contributed by atoms with Crippen molar-refractivity contribution in [2.75, 3.05) is 18.4 Å². The number of hydrogen-bond donors (Lipinski definition) is 2. The monoisotopic (exact) mass is 402 g/mol. The SMILES string of the molecule is CC(C)[C@H](N)C(=O)N1CCC(Nc2ccc(F)cn2)CC1.Cl.Cl.Cl. The molecule has 24 heavy (non-hydrogen) atoms. The minimum atomic E-state index is -0.423. The number of carbonyl (C=O) groups excluding carboxylic acids is 1. The van der Waals surface area contributed by atoms with Crippen LogP contribution >= 0.6 is 37.2 Å². The van der Waals surface area contributed by atoms with E-state index in [4.69, 9.17) is 5.73 Å². The lowest BCUT2D eigenvalue weighted by Crippen LogP contribution is -2.50. The molecule has 2 heterocycles. The van der Waals surface area contributed by atoms with Gasteiger partial charge in [0.2, 0.25) is 5.91 Å². The van der Waals surface area contributed by atoms with Gasteiger partial charge >= 0.3 is 0 Å². The molecule has 1 aromatic rings. The predicted molar refractivity (Wildman–Crippen MR) is 102 cm³/mol. The molecule has 1 aliphatic heterocycles. The standard InChI is InChI=1S/C15H23FN4O.3ClH/c1-10(2)14(17)15(21)20-7-5-12(6-8-20)19-13-4-3-11(16)9-18-13;;;/h3-4,9-10,12,14H,5-8,17H2,1-2H3,(H,18,19);3*1H/t14-;;;/m0.../s1. The third-order valence-corrected chi connectivity index (χ3v) is 3.89. The second-order valence-corrected chi connectivity index (χ2v) is 5.88. The zero-order valence-electron chi connectivity index (χ0n) is 13.8. The average Bonchev–Trinajstić information content (AvgIpc) is 2.49. The molecular weight excluding hydrogens is 378 g/mol. The van der Waals surface area contributed by atoms with Gasteiger partial charge in [-0.05, 0) is 30.9 Å². The first-order valence-corrected chi connectivity index (χ1v) is 7.40. The molecular formula is C15H26Cl3FN4O. The molecule has 0 aromatic carbocycles. The van der Waals surface area contributed by atoms with Crippen molar-refractivity contribution < 1.29 is 9.18 Å². The molecule has 1 aromatic heterocycles. The van der Waals surface area contributed by atoms with Crippen molar-refractivity contribution in [1.29, 1.82) is 0 Å². The van der Waals surface area contributed by atoms with E-state index in [2.05, 4.69) is 10.3 Å². The molecule has 9 heteroatoms. The number of hydrogen-bond acceptors (Lipinski definition) is 4. The number of piperidine rings is 1. The van der Waals surface area contributed by atoms with Gasteiger partial charge in [0, 0.05) is 19.1 Å². The molecule has 2 rings (SSSR count). The summed E-state index contributed by atoms with van der Waals surface area (Å²) >= 11 is 0. The Hall–Kier alpha value is -0.820. The van der Waals surface area contributed by atoms with E-state index in [0.717, 1.165) is 12.8 Å². The lowest BCUT2D eigenvalue weighted by molar-refractivity contribution is -0.134. The van der Waals surface area contributed by atoms with Crippen molar-refractivity contribution in [2.45, 2.75) is 38.8 Å². The molecule has 0 radical (unpaired) electrons. The van der Waals surface area contributed by atoms with E-state index in [1.165, 1.54) is 12.3 Å². The maximum atomic E-state index is 12.8. The number of carbonyl (C=O) groups is 1. The Morgan fingerprint density at radius 2 is 1.88 bits per heavy atom. The number of rotatable bonds is 4. The van der Waals surface area contributed by atoms with Crippen molar-refractivity contribution in [2.24, 2.45) is 11.7 Å². The molecule has 1 saturated heterocycles. The van der Waals surface area contributed by atoms with Gasteiger partial charge in [-0.15, -0.1) is 37.2 Å². The Bertz CT molecular complexity index is 482. The molecule has 0 bridgehead atoms. The summed E-state index contributed by atoms with van der Waals surface area (Å²) in [7, 11) is 0. The van der Waals surface area contributed by atoms with Crippen LogP contribution in [0, 0.1) is 11.7 Å². The van der Waals surface area contributed by atoms with Gasteiger partial charge < -0.3 is 16.0 Å². The van der Waals surface area contributed by atoms with Crippen LogP contribution in [-0.4, -0.2) is 41.0 Å². The molecule has 1 aliphatic rings. The number of pyridine rings is 1. The molecule has 140 valence electrons. The second kappa shape index (κ2) is 11.7. The van der Waals surface area contributed by atoms with Crippen LogP contribution in [0.25, 0.3) is 0 Å². The topological polar surface area (TPSA) is 71.2 Å². The van der Waals surface area contributed by atoms with E-state index in [1.54, 1.807) is 6.07 Å². The van der Waals surface area contributed by atoms with Gasteiger partial charge in [-0.2, -0.15) is 0 Å². The van der Waals surface area contributed by atoms with Crippen molar-refractivity contribution >= 4 is 48.9 Å². The first-order valence-electron chi connectivity index (χ1n) is 7.40. The van der Waals surface area contributed by atoms with Crippen LogP contribution in [-0.2, 0) is 4.79 Å². The van der Waals surface area contributed by atoms with Crippen LogP contribution in [0.1, 0.15) is 26.7 Å². The minimum Gasteiger partial charge on any atom is -0.367 e. The van der Waals surface area contributed by atoms with Crippen LogP contribution in [0.2, 0.25) is 0 Å². The summed E-state index contributed by atoms with van der Waals surface area (Å²) in [5.74, 6) is 0.504. The summed E-state index contributed by atoms with van der Waals surface area (Å²) in [5.41, 5.74) is 5.91. The lowest BCUT2D eigenvalue weighted by atomic mass is 10.0. The Kier molecular flexibility index (Phi) is 12.4. The van der Waals surface area contributed by atoms with E-state index in [1.807, 2.05) is 18.7 Å². The van der Waals surface area contributed by atoms with Gasteiger partial charge in [0.25, 0.3) is 0 Å². The number of halogens is 4. The smallest absolute Gasteiger partial charge is 0.239 e. The van der Waals surface area contributed by atoms with Gasteiger partial charge in [-0.3, -0.25) is 4.79 Å². The maximum absolute atomic E-state index is 12.8. The number of nitrogens with two attached hydrogens (primary N) is 1.